The molecule has 0 saturated heterocycles. The third kappa shape index (κ3) is 1.48. The molecule has 84 valence electrons. The molecule has 0 atom stereocenters. The molecule has 5 heteroatoms. The number of nitrogens with one attached hydrogen (secondary N) is 1. The van der Waals surface area contributed by atoms with Crippen LogP contribution in [0.15, 0.2) is 12.1 Å². The highest BCUT2D eigenvalue weighted by molar-refractivity contribution is 5.92. The minimum Gasteiger partial charge on any atom is -0.387 e. The lowest BCUT2D eigenvalue weighted by Gasteiger charge is -2.08. The van der Waals surface area contributed by atoms with Crippen molar-refractivity contribution in [3.05, 3.63) is 35.3 Å². The Labute approximate surface area is 90.1 Å². The van der Waals surface area contributed by atoms with E-state index < -0.39 is 17.5 Å². The lowest BCUT2D eigenvalue weighted by atomic mass is 10.1. The van der Waals surface area contributed by atoms with Gasteiger partial charge in [-0.1, -0.05) is 0 Å². The third-order valence-electron chi connectivity index (χ3n) is 2.33. The molecule has 1 N–H and O–H groups in total. The van der Waals surface area contributed by atoms with Gasteiger partial charge in [0.05, 0.1) is 10.9 Å². The normalized spacial score (nSPS) is 10.8. The van der Waals surface area contributed by atoms with Gasteiger partial charge in [0.25, 0.3) is 0 Å². The van der Waals surface area contributed by atoms with Crippen molar-refractivity contribution in [1.29, 1.82) is 0 Å². The quantitative estimate of drug-likeness (QED) is 0.756. The van der Waals surface area contributed by atoms with Crippen molar-refractivity contribution in [3.63, 3.8) is 0 Å². The van der Waals surface area contributed by atoms with Crippen LogP contribution in [0, 0.1) is 24.4 Å². The molecule has 1 aromatic heterocycles. The predicted octanol–water partition coefficient (Wildman–Crippen LogP) is 3.00. The smallest absolute Gasteiger partial charge is 0.195 e. The van der Waals surface area contributed by atoms with Crippen LogP contribution in [0.5, 0.6) is 0 Å². The third-order valence-corrected chi connectivity index (χ3v) is 2.33. The Morgan fingerprint density at radius 2 is 1.81 bits per heavy atom. The highest BCUT2D eigenvalue weighted by Crippen LogP contribution is 2.28. The molecule has 2 rings (SSSR count). The summed E-state index contributed by atoms with van der Waals surface area (Å²) in [5.74, 6) is -3.92. The predicted molar refractivity (Wildman–Crippen MR) is 55.9 cm³/mol. The van der Waals surface area contributed by atoms with Crippen LogP contribution < -0.4 is 5.32 Å². The molecule has 16 heavy (non-hydrogen) atoms. The number of halogens is 3. The summed E-state index contributed by atoms with van der Waals surface area (Å²) in [7, 11) is 1.58. The van der Waals surface area contributed by atoms with Crippen molar-refractivity contribution < 1.29 is 13.2 Å². The van der Waals surface area contributed by atoms with E-state index >= 15 is 0 Å². The maximum atomic E-state index is 13.5. The molecule has 1 aromatic carbocycles. The summed E-state index contributed by atoms with van der Waals surface area (Å²) in [5, 5.41) is 2.69. The summed E-state index contributed by atoms with van der Waals surface area (Å²) >= 11 is 0. The second-order valence-corrected chi connectivity index (χ2v) is 3.44. The Morgan fingerprint density at radius 3 is 2.44 bits per heavy atom. The highest BCUT2D eigenvalue weighted by atomic mass is 19.2. The summed E-state index contributed by atoms with van der Waals surface area (Å²) in [4.78, 5) is 3.96. The van der Waals surface area contributed by atoms with E-state index in [0.717, 1.165) is 6.07 Å². The summed E-state index contributed by atoms with van der Waals surface area (Å²) < 4.78 is 39.6. The van der Waals surface area contributed by atoms with E-state index in [1.165, 1.54) is 0 Å². The van der Waals surface area contributed by atoms with Gasteiger partial charge in [-0.05, 0) is 13.0 Å². The molecule has 0 aliphatic heterocycles. The monoisotopic (exact) mass is 226 g/mol. The van der Waals surface area contributed by atoms with Crippen molar-refractivity contribution >= 4 is 16.6 Å². The van der Waals surface area contributed by atoms with Crippen LogP contribution in [-0.4, -0.2) is 12.0 Å². The summed E-state index contributed by atoms with van der Waals surface area (Å²) in [5.41, 5.74) is 1.09. The summed E-state index contributed by atoms with van der Waals surface area (Å²) in [6, 6.07) is 2.46. The number of aromatic nitrogens is 1. The first-order valence-corrected chi connectivity index (χ1v) is 4.67. The Bertz CT molecular complexity index is 567. The number of aryl methyl sites for hydroxylation is 1. The van der Waals surface area contributed by atoms with Gasteiger partial charge in [-0.15, -0.1) is 0 Å². The number of pyridine rings is 1. The van der Waals surface area contributed by atoms with Gasteiger partial charge in [0.2, 0.25) is 0 Å². The topological polar surface area (TPSA) is 24.9 Å². The maximum Gasteiger partial charge on any atom is 0.195 e. The molecule has 0 bridgehead atoms. The van der Waals surface area contributed by atoms with Crippen LogP contribution in [-0.2, 0) is 0 Å². The molecule has 0 spiro atoms. The lowest BCUT2D eigenvalue weighted by molar-refractivity contribution is 0.453. The van der Waals surface area contributed by atoms with Crippen molar-refractivity contribution in [2.45, 2.75) is 6.92 Å². The number of nitrogens with zero attached hydrogens (tertiary/aromatic N) is 1. The number of benzene rings is 1. The van der Waals surface area contributed by atoms with E-state index in [1.54, 1.807) is 20.0 Å². The highest BCUT2D eigenvalue weighted by Gasteiger charge is 2.17. The summed E-state index contributed by atoms with van der Waals surface area (Å²) in [6.45, 7) is 1.69. The average molecular weight is 226 g/mol. The Hall–Kier alpha value is -1.78. The number of hydrogen-bond acceptors (Lipinski definition) is 2. The zero-order valence-corrected chi connectivity index (χ0v) is 8.74. The van der Waals surface area contributed by atoms with Gasteiger partial charge in [-0.3, -0.25) is 4.98 Å². The van der Waals surface area contributed by atoms with Gasteiger partial charge in [0.1, 0.15) is 0 Å². The maximum absolute atomic E-state index is 13.5. The second-order valence-electron chi connectivity index (χ2n) is 3.44. The molecule has 0 amide bonds. The fourth-order valence-electron chi connectivity index (χ4n) is 1.63. The van der Waals surface area contributed by atoms with Crippen molar-refractivity contribution in [1.82, 2.24) is 4.98 Å². The van der Waals surface area contributed by atoms with E-state index in [4.69, 9.17) is 0 Å². The van der Waals surface area contributed by atoms with Crippen LogP contribution >= 0.6 is 0 Å². The standard InChI is InChI=1S/C11H9F3N2/c1-5-3-7(15-2)9-8(16-5)4-6(12)10(13)11(9)14/h3-4H,1-2H3,(H,15,16). The molecule has 0 aliphatic rings. The van der Waals surface area contributed by atoms with Gasteiger partial charge in [-0.25, -0.2) is 13.2 Å². The van der Waals surface area contributed by atoms with Crippen LogP contribution in [0.3, 0.4) is 0 Å². The first kappa shape index (κ1) is 10.7. The van der Waals surface area contributed by atoms with E-state index in [1.807, 2.05) is 0 Å². The number of hydrogen-bond donors (Lipinski definition) is 1. The zero-order chi connectivity index (χ0) is 11.9. The molecule has 0 saturated carbocycles. The van der Waals surface area contributed by atoms with Crippen LogP contribution in [0.1, 0.15) is 5.69 Å². The fraction of sp³-hybridized carbons (Fsp3) is 0.182. The van der Waals surface area contributed by atoms with E-state index in [9.17, 15) is 13.2 Å². The minimum absolute atomic E-state index is 0.0352. The summed E-state index contributed by atoms with van der Waals surface area (Å²) in [6.07, 6.45) is 0. The van der Waals surface area contributed by atoms with Gasteiger partial charge in [0, 0.05) is 24.5 Å². The molecule has 2 aromatic rings. The lowest BCUT2D eigenvalue weighted by Crippen LogP contribution is -1.99. The van der Waals surface area contributed by atoms with Crippen molar-refractivity contribution in [2.24, 2.45) is 0 Å². The van der Waals surface area contributed by atoms with Crippen LogP contribution in [0.25, 0.3) is 10.9 Å². The average Bonchev–Trinajstić information content (AvgIpc) is 2.24. The number of rotatable bonds is 1. The first-order valence-electron chi connectivity index (χ1n) is 4.67. The molecule has 0 radical (unpaired) electrons. The molecule has 0 unspecified atom stereocenters. The van der Waals surface area contributed by atoms with E-state index in [2.05, 4.69) is 10.3 Å². The van der Waals surface area contributed by atoms with Gasteiger partial charge >= 0.3 is 0 Å². The van der Waals surface area contributed by atoms with Gasteiger partial charge < -0.3 is 5.32 Å². The number of fused-ring (bicyclic) bond motifs is 1. The second kappa shape index (κ2) is 3.66. The Balaban J connectivity index is 2.95. The molecule has 0 aliphatic carbocycles. The SMILES string of the molecule is CNc1cc(C)nc2cc(F)c(F)c(F)c12. The van der Waals surface area contributed by atoms with Crippen molar-refractivity contribution in [2.75, 3.05) is 12.4 Å². The van der Waals surface area contributed by atoms with Crippen LogP contribution in [0.2, 0.25) is 0 Å². The fourth-order valence-corrected chi connectivity index (χ4v) is 1.63. The zero-order valence-electron chi connectivity index (χ0n) is 8.74. The van der Waals surface area contributed by atoms with Gasteiger partial charge in [0.15, 0.2) is 17.5 Å². The van der Waals surface area contributed by atoms with E-state index in [-0.39, 0.29) is 10.9 Å². The Morgan fingerprint density at radius 1 is 1.12 bits per heavy atom. The van der Waals surface area contributed by atoms with Crippen LogP contribution in [0.4, 0.5) is 18.9 Å². The largest absolute Gasteiger partial charge is 0.387 e. The van der Waals surface area contributed by atoms with Gasteiger partial charge in [-0.2, -0.15) is 0 Å². The Kier molecular flexibility index (Phi) is 2.46. The van der Waals surface area contributed by atoms with E-state index in [0.29, 0.717) is 11.4 Å². The molecular weight excluding hydrogens is 217 g/mol. The number of anilines is 1. The molecule has 1 heterocycles. The molecule has 2 nitrogen and oxygen atoms in total. The molecular formula is C11H9F3N2. The van der Waals surface area contributed by atoms with Crippen molar-refractivity contribution in [3.8, 4) is 0 Å². The minimum atomic E-state index is -1.48. The molecule has 0 fully saturated rings. The first-order chi connectivity index (χ1) is 7.54.